The summed E-state index contributed by atoms with van der Waals surface area (Å²) >= 11 is 1.70. The SMILES string of the molecule is Cc1nc(C)c(C(C)n2cncc2CO)s1. The van der Waals surface area contributed by atoms with Crippen LogP contribution in [0.15, 0.2) is 12.5 Å². The van der Waals surface area contributed by atoms with Crippen LogP contribution in [-0.2, 0) is 6.61 Å². The van der Waals surface area contributed by atoms with Gasteiger partial charge in [-0.25, -0.2) is 9.97 Å². The Morgan fingerprint density at radius 1 is 1.50 bits per heavy atom. The molecule has 2 rings (SSSR count). The monoisotopic (exact) mass is 237 g/mol. The summed E-state index contributed by atoms with van der Waals surface area (Å²) in [4.78, 5) is 9.71. The molecule has 0 bridgehead atoms. The third-order valence-electron chi connectivity index (χ3n) is 2.64. The van der Waals surface area contributed by atoms with E-state index in [-0.39, 0.29) is 12.6 Å². The molecule has 1 N–H and O–H groups in total. The van der Waals surface area contributed by atoms with E-state index in [1.807, 2.05) is 18.4 Å². The van der Waals surface area contributed by atoms with Crippen LogP contribution in [-0.4, -0.2) is 19.6 Å². The minimum atomic E-state index is 0.0151. The van der Waals surface area contributed by atoms with Gasteiger partial charge in [0.05, 0.1) is 46.4 Å². The van der Waals surface area contributed by atoms with Gasteiger partial charge in [0.25, 0.3) is 0 Å². The van der Waals surface area contributed by atoms with Gasteiger partial charge in [0.2, 0.25) is 0 Å². The van der Waals surface area contributed by atoms with Crippen molar-refractivity contribution in [1.82, 2.24) is 14.5 Å². The Labute approximate surface area is 98.6 Å². The molecule has 1 atom stereocenters. The Bertz CT molecular complexity index is 489. The molecule has 16 heavy (non-hydrogen) atoms. The quantitative estimate of drug-likeness (QED) is 0.889. The van der Waals surface area contributed by atoms with E-state index in [4.69, 9.17) is 0 Å². The van der Waals surface area contributed by atoms with Gasteiger partial charge in [-0.3, -0.25) is 0 Å². The van der Waals surface area contributed by atoms with Crippen LogP contribution in [0.5, 0.6) is 0 Å². The van der Waals surface area contributed by atoms with Gasteiger partial charge in [0.15, 0.2) is 0 Å². The fourth-order valence-electron chi connectivity index (χ4n) is 1.86. The van der Waals surface area contributed by atoms with E-state index in [1.54, 1.807) is 23.9 Å². The molecule has 0 radical (unpaired) electrons. The van der Waals surface area contributed by atoms with Crippen molar-refractivity contribution in [2.45, 2.75) is 33.4 Å². The number of hydrogen-bond acceptors (Lipinski definition) is 4. The number of thiazole rings is 1. The number of aryl methyl sites for hydroxylation is 2. The topological polar surface area (TPSA) is 50.9 Å². The maximum Gasteiger partial charge on any atom is 0.0954 e. The lowest BCUT2D eigenvalue weighted by atomic mass is 10.2. The van der Waals surface area contributed by atoms with E-state index in [0.29, 0.717) is 0 Å². The van der Waals surface area contributed by atoms with Gasteiger partial charge in [-0.2, -0.15) is 0 Å². The first-order chi connectivity index (χ1) is 7.63. The van der Waals surface area contributed by atoms with Crippen molar-refractivity contribution >= 4 is 11.3 Å². The van der Waals surface area contributed by atoms with E-state index in [2.05, 4.69) is 16.9 Å². The Kier molecular flexibility index (Phi) is 3.07. The van der Waals surface area contributed by atoms with Crippen molar-refractivity contribution in [2.75, 3.05) is 0 Å². The molecular formula is C11H15N3OS. The molecule has 0 fully saturated rings. The molecule has 5 heteroatoms. The second-order valence-corrected chi connectivity index (χ2v) is 5.04. The molecule has 0 aliphatic rings. The van der Waals surface area contributed by atoms with Crippen molar-refractivity contribution in [3.63, 3.8) is 0 Å². The number of hydrogen-bond donors (Lipinski definition) is 1. The fourth-order valence-corrected chi connectivity index (χ4v) is 2.84. The van der Waals surface area contributed by atoms with Crippen molar-refractivity contribution in [3.05, 3.63) is 33.8 Å². The second kappa shape index (κ2) is 4.35. The fraction of sp³-hybridized carbons (Fsp3) is 0.455. The highest BCUT2D eigenvalue weighted by Crippen LogP contribution is 2.28. The van der Waals surface area contributed by atoms with Crippen molar-refractivity contribution in [2.24, 2.45) is 0 Å². The standard InChI is InChI=1S/C11H15N3OS/c1-7-11(16-9(3)13-7)8(2)14-6-12-4-10(14)5-15/h4,6,8,15H,5H2,1-3H3. The molecule has 4 nitrogen and oxygen atoms in total. The van der Waals surface area contributed by atoms with Crippen molar-refractivity contribution < 1.29 is 5.11 Å². The zero-order valence-electron chi connectivity index (χ0n) is 9.64. The Balaban J connectivity index is 2.38. The van der Waals surface area contributed by atoms with E-state index < -0.39 is 0 Å². The third kappa shape index (κ3) is 1.88. The van der Waals surface area contributed by atoms with Crippen LogP contribution in [0, 0.1) is 13.8 Å². The van der Waals surface area contributed by atoms with Crippen LogP contribution >= 0.6 is 11.3 Å². The predicted molar refractivity (Wildman–Crippen MR) is 63.6 cm³/mol. The molecule has 2 aromatic rings. The molecule has 0 spiro atoms. The molecule has 0 saturated carbocycles. The first-order valence-electron chi connectivity index (χ1n) is 5.19. The van der Waals surface area contributed by atoms with Gasteiger partial charge >= 0.3 is 0 Å². The van der Waals surface area contributed by atoms with E-state index in [0.717, 1.165) is 16.4 Å². The molecule has 0 aliphatic carbocycles. The number of imidazole rings is 1. The first-order valence-corrected chi connectivity index (χ1v) is 6.00. The number of aliphatic hydroxyl groups is 1. The van der Waals surface area contributed by atoms with Crippen LogP contribution in [0.3, 0.4) is 0 Å². The minimum absolute atomic E-state index is 0.0151. The second-order valence-electron chi connectivity index (χ2n) is 3.81. The molecular weight excluding hydrogens is 222 g/mol. The summed E-state index contributed by atoms with van der Waals surface area (Å²) in [5.74, 6) is 0. The molecule has 86 valence electrons. The maximum atomic E-state index is 9.20. The lowest BCUT2D eigenvalue weighted by Gasteiger charge is -2.14. The molecule has 2 aromatic heterocycles. The average molecular weight is 237 g/mol. The van der Waals surface area contributed by atoms with Crippen LogP contribution in [0.25, 0.3) is 0 Å². The summed E-state index contributed by atoms with van der Waals surface area (Å²) in [5, 5.41) is 10.3. The minimum Gasteiger partial charge on any atom is -0.390 e. The van der Waals surface area contributed by atoms with Crippen LogP contribution in [0.2, 0.25) is 0 Å². The molecule has 0 saturated heterocycles. The summed E-state index contributed by atoms with van der Waals surface area (Å²) < 4.78 is 1.99. The normalized spacial score (nSPS) is 13.0. The Morgan fingerprint density at radius 3 is 2.81 bits per heavy atom. The Morgan fingerprint density at radius 2 is 2.25 bits per heavy atom. The summed E-state index contributed by atoms with van der Waals surface area (Å²) in [6.45, 7) is 6.14. The average Bonchev–Trinajstić information content (AvgIpc) is 2.83. The van der Waals surface area contributed by atoms with Crippen molar-refractivity contribution in [1.29, 1.82) is 0 Å². The highest BCUT2D eigenvalue weighted by atomic mass is 32.1. The number of rotatable bonds is 3. The third-order valence-corrected chi connectivity index (χ3v) is 3.89. The van der Waals surface area contributed by atoms with E-state index in [9.17, 15) is 5.11 Å². The van der Waals surface area contributed by atoms with Gasteiger partial charge in [0.1, 0.15) is 0 Å². The summed E-state index contributed by atoms with van der Waals surface area (Å²) in [7, 11) is 0. The highest BCUT2D eigenvalue weighted by Gasteiger charge is 2.16. The zero-order chi connectivity index (χ0) is 11.7. The van der Waals surface area contributed by atoms with Gasteiger partial charge in [-0.1, -0.05) is 0 Å². The Hall–Kier alpha value is -1.20. The van der Waals surface area contributed by atoms with Gasteiger partial charge < -0.3 is 9.67 Å². The zero-order valence-corrected chi connectivity index (χ0v) is 10.5. The van der Waals surface area contributed by atoms with Gasteiger partial charge in [0, 0.05) is 0 Å². The molecule has 0 aromatic carbocycles. The smallest absolute Gasteiger partial charge is 0.0954 e. The lowest BCUT2D eigenvalue weighted by Crippen LogP contribution is -2.08. The predicted octanol–water partition coefficient (Wildman–Crippen LogP) is 2.06. The van der Waals surface area contributed by atoms with Gasteiger partial charge in [-0.05, 0) is 20.8 Å². The van der Waals surface area contributed by atoms with Crippen LogP contribution < -0.4 is 0 Å². The van der Waals surface area contributed by atoms with Crippen molar-refractivity contribution in [3.8, 4) is 0 Å². The summed E-state index contributed by atoms with van der Waals surface area (Å²) in [6.07, 6.45) is 3.45. The summed E-state index contributed by atoms with van der Waals surface area (Å²) in [5.41, 5.74) is 1.89. The van der Waals surface area contributed by atoms with Gasteiger partial charge in [-0.15, -0.1) is 11.3 Å². The number of aromatic nitrogens is 3. The number of aliphatic hydroxyl groups excluding tert-OH is 1. The van der Waals surface area contributed by atoms with Crippen LogP contribution in [0.1, 0.15) is 34.2 Å². The van der Waals surface area contributed by atoms with Crippen LogP contribution in [0.4, 0.5) is 0 Å². The van der Waals surface area contributed by atoms with E-state index in [1.165, 1.54) is 4.88 Å². The summed E-state index contributed by atoms with van der Waals surface area (Å²) in [6, 6.07) is 0.177. The van der Waals surface area contributed by atoms with E-state index >= 15 is 0 Å². The number of nitrogens with zero attached hydrogens (tertiary/aromatic N) is 3. The maximum absolute atomic E-state index is 9.20. The molecule has 2 heterocycles. The molecule has 0 amide bonds. The molecule has 1 unspecified atom stereocenters. The highest BCUT2D eigenvalue weighted by molar-refractivity contribution is 7.11. The molecule has 0 aliphatic heterocycles. The largest absolute Gasteiger partial charge is 0.390 e. The lowest BCUT2D eigenvalue weighted by molar-refractivity contribution is 0.269. The first kappa shape index (κ1) is 11.3.